The molecule has 2 aromatic carbocycles. The van der Waals surface area contributed by atoms with Crippen LogP contribution in [0.1, 0.15) is 0 Å². The molecular weight excluding hydrogens is 257 g/mol. The molecule has 0 radical (unpaired) electrons. The lowest BCUT2D eigenvalue weighted by Crippen LogP contribution is -2.20. The maximum atomic E-state index is 13.5. The van der Waals surface area contributed by atoms with Crippen LogP contribution in [-0.2, 0) is 0 Å². The number of halogens is 5. The summed E-state index contributed by atoms with van der Waals surface area (Å²) in [6, 6.07) is 3.59. The molecule has 2 aromatic rings. The molecule has 2 N–H and O–H groups in total. The van der Waals surface area contributed by atoms with Gasteiger partial charge in [-0.3, -0.25) is 5.32 Å². The summed E-state index contributed by atoms with van der Waals surface area (Å²) in [5.41, 5.74) is -0.590. The summed E-state index contributed by atoms with van der Waals surface area (Å²) in [6.45, 7) is 0. The topological polar surface area (TPSA) is 32.3 Å². The Kier molecular flexibility index (Phi) is 2.76. The van der Waals surface area contributed by atoms with Gasteiger partial charge < -0.3 is 5.11 Å². The summed E-state index contributed by atoms with van der Waals surface area (Å²) < 4.78 is 63.2. The standard InChI is InChI=1S/C11H6F5NO/c12-6-4-7(13)10(18)5-2-1-3-8(9(5)6)17-11(14,15)16/h1-4,17-18H. The van der Waals surface area contributed by atoms with Gasteiger partial charge in [0.25, 0.3) is 0 Å². The minimum Gasteiger partial charge on any atom is -0.504 e. The van der Waals surface area contributed by atoms with E-state index >= 15 is 0 Å². The third kappa shape index (κ3) is 2.15. The Hall–Kier alpha value is -2.05. The maximum absolute atomic E-state index is 13.5. The van der Waals surface area contributed by atoms with Gasteiger partial charge in [0.15, 0.2) is 11.6 Å². The fraction of sp³-hybridized carbons (Fsp3) is 0.0909. The second-order valence-electron chi connectivity index (χ2n) is 3.54. The Morgan fingerprint density at radius 1 is 1.06 bits per heavy atom. The van der Waals surface area contributed by atoms with Crippen LogP contribution in [0.5, 0.6) is 5.75 Å². The molecule has 0 spiro atoms. The van der Waals surface area contributed by atoms with Crippen molar-refractivity contribution in [1.29, 1.82) is 0 Å². The highest BCUT2D eigenvalue weighted by Gasteiger charge is 2.28. The zero-order valence-electron chi connectivity index (χ0n) is 8.65. The number of aromatic hydroxyl groups is 1. The van der Waals surface area contributed by atoms with Crippen molar-refractivity contribution < 1.29 is 27.1 Å². The van der Waals surface area contributed by atoms with Crippen LogP contribution >= 0.6 is 0 Å². The zero-order valence-corrected chi connectivity index (χ0v) is 8.65. The number of alkyl halides is 3. The predicted molar refractivity (Wildman–Crippen MR) is 55.2 cm³/mol. The summed E-state index contributed by atoms with van der Waals surface area (Å²) in [5.74, 6) is -3.31. The van der Waals surface area contributed by atoms with Gasteiger partial charge in [-0.15, -0.1) is 0 Å². The highest BCUT2D eigenvalue weighted by atomic mass is 19.4. The van der Waals surface area contributed by atoms with Crippen molar-refractivity contribution in [3.63, 3.8) is 0 Å². The largest absolute Gasteiger partial charge is 0.504 e. The quantitative estimate of drug-likeness (QED) is 0.606. The lowest BCUT2D eigenvalue weighted by molar-refractivity contribution is -0.0998. The summed E-state index contributed by atoms with van der Waals surface area (Å²) in [5, 5.41) is 9.64. The molecule has 7 heteroatoms. The number of benzene rings is 2. The van der Waals surface area contributed by atoms with Gasteiger partial charge >= 0.3 is 6.30 Å². The molecular formula is C11H6F5NO. The third-order valence-corrected chi connectivity index (χ3v) is 2.31. The number of nitrogens with one attached hydrogen (secondary N) is 1. The predicted octanol–water partition coefficient (Wildman–Crippen LogP) is 3.76. The van der Waals surface area contributed by atoms with Crippen LogP contribution in [0.4, 0.5) is 27.6 Å². The molecule has 0 amide bonds. The maximum Gasteiger partial charge on any atom is 0.482 e. The summed E-state index contributed by atoms with van der Waals surface area (Å²) in [6.07, 6.45) is -4.76. The number of hydrogen-bond acceptors (Lipinski definition) is 2. The second kappa shape index (κ2) is 4.01. The van der Waals surface area contributed by atoms with E-state index in [2.05, 4.69) is 0 Å². The van der Waals surface area contributed by atoms with Gasteiger partial charge in [-0.05, 0) is 6.07 Å². The van der Waals surface area contributed by atoms with Crippen LogP contribution < -0.4 is 5.32 Å². The molecule has 0 aliphatic carbocycles. The fourth-order valence-electron chi connectivity index (χ4n) is 1.64. The molecule has 0 saturated carbocycles. The van der Waals surface area contributed by atoms with Gasteiger partial charge in [-0.25, -0.2) is 8.78 Å². The molecule has 2 rings (SSSR count). The first kappa shape index (κ1) is 12.4. The van der Waals surface area contributed by atoms with Gasteiger partial charge in [-0.2, -0.15) is 13.2 Å². The van der Waals surface area contributed by atoms with E-state index in [9.17, 15) is 27.1 Å². The van der Waals surface area contributed by atoms with Crippen molar-refractivity contribution in [1.82, 2.24) is 0 Å². The zero-order chi connectivity index (χ0) is 13.5. The normalized spacial score (nSPS) is 11.8. The number of phenolic OH excluding ortho intramolecular Hbond substituents is 1. The van der Waals surface area contributed by atoms with E-state index in [1.807, 2.05) is 0 Å². The van der Waals surface area contributed by atoms with Gasteiger partial charge in [-0.1, -0.05) is 12.1 Å². The van der Waals surface area contributed by atoms with Crippen molar-refractivity contribution >= 4 is 16.5 Å². The summed E-state index contributed by atoms with van der Waals surface area (Å²) in [7, 11) is 0. The Balaban J connectivity index is 2.73. The first-order chi connectivity index (χ1) is 8.29. The van der Waals surface area contributed by atoms with Crippen LogP contribution in [0.15, 0.2) is 24.3 Å². The highest BCUT2D eigenvalue weighted by molar-refractivity contribution is 5.98. The van der Waals surface area contributed by atoms with E-state index in [1.165, 1.54) is 0 Å². The molecule has 0 saturated heterocycles. The first-order valence-electron chi connectivity index (χ1n) is 4.74. The average Bonchev–Trinajstić information content (AvgIpc) is 2.23. The SMILES string of the molecule is Oc1c(F)cc(F)c2c(NC(F)(F)F)cccc12. The van der Waals surface area contributed by atoms with Crippen LogP contribution in [0.25, 0.3) is 10.8 Å². The van der Waals surface area contributed by atoms with Crippen LogP contribution in [0, 0.1) is 11.6 Å². The van der Waals surface area contributed by atoms with Crippen molar-refractivity contribution in [2.75, 3.05) is 5.32 Å². The van der Waals surface area contributed by atoms with Crippen LogP contribution in [0.3, 0.4) is 0 Å². The van der Waals surface area contributed by atoms with E-state index in [1.54, 1.807) is 0 Å². The van der Waals surface area contributed by atoms with E-state index in [4.69, 9.17) is 0 Å². The number of fused-ring (bicyclic) bond motifs is 1. The number of phenols is 1. The second-order valence-corrected chi connectivity index (χ2v) is 3.54. The smallest absolute Gasteiger partial charge is 0.482 e. The fourth-order valence-corrected chi connectivity index (χ4v) is 1.64. The minimum atomic E-state index is -4.76. The monoisotopic (exact) mass is 263 g/mol. The molecule has 0 bridgehead atoms. The highest BCUT2D eigenvalue weighted by Crippen LogP contribution is 2.36. The molecule has 2 nitrogen and oxygen atoms in total. The van der Waals surface area contributed by atoms with Gasteiger partial charge in [0.1, 0.15) is 5.82 Å². The van der Waals surface area contributed by atoms with Gasteiger partial charge in [0.05, 0.1) is 5.69 Å². The van der Waals surface area contributed by atoms with E-state index < -0.39 is 34.8 Å². The Labute approximate surface area is 97.6 Å². The van der Waals surface area contributed by atoms with Gasteiger partial charge in [0.2, 0.25) is 0 Å². The van der Waals surface area contributed by atoms with Crippen molar-refractivity contribution in [2.45, 2.75) is 6.30 Å². The van der Waals surface area contributed by atoms with E-state index in [-0.39, 0.29) is 5.39 Å². The van der Waals surface area contributed by atoms with Gasteiger partial charge in [0, 0.05) is 16.8 Å². The first-order valence-corrected chi connectivity index (χ1v) is 4.74. The third-order valence-electron chi connectivity index (χ3n) is 2.31. The molecule has 0 aliphatic rings. The molecule has 0 unspecified atom stereocenters. The van der Waals surface area contributed by atoms with Crippen LogP contribution in [0.2, 0.25) is 0 Å². The Bertz CT molecular complexity index is 608. The molecule has 96 valence electrons. The van der Waals surface area contributed by atoms with Crippen LogP contribution in [-0.4, -0.2) is 11.4 Å². The minimum absolute atomic E-state index is 0.332. The van der Waals surface area contributed by atoms with Crippen molar-refractivity contribution in [2.24, 2.45) is 0 Å². The lowest BCUT2D eigenvalue weighted by Gasteiger charge is -2.13. The Morgan fingerprint density at radius 2 is 1.72 bits per heavy atom. The molecule has 0 atom stereocenters. The molecule has 0 aromatic heterocycles. The molecule has 0 fully saturated rings. The van der Waals surface area contributed by atoms with Crippen molar-refractivity contribution in [3.05, 3.63) is 35.9 Å². The van der Waals surface area contributed by atoms with E-state index in [0.29, 0.717) is 6.07 Å². The average molecular weight is 263 g/mol. The van der Waals surface area contributed by atoms with Crippen molar-refractivity contribution in [3.8, 4) is 5.75 Å². The summed E-state index contributed by atoms with van der Waals surface area (Å²) >= 11 is 0. The number of rotatable bonds is 1. The number of anilines is 1. The lowest BCUT2D eigenvalue weighted by atomic mass is 10.1. The molecule has 18 heavy (non-hydrogen) atoms. The number of hydrogen-bond donors (Lipinski definition) is 2. The molecule has 0 aliphatic heterocycles. The Morgan fingerprint density at radius 3 is 2.33 bits per heavy atom. The van der Waals surface area contributed by atoms with E-state index in [0.717, 1.165) is 23.5 Å². The molecule has 0 heterocycles. The summed E-state index contributed by atoms with van der Waals surface area (Å²) in [4.78, 5) is 0.